The van der Waals surface area contributed by atoms with Crippen LogP contribution in [0.5, 0.6) is 0 Å². The highest BCUT2D eigenvalue weighted by Crippen LogP contribution is 2.04. The highest BCUT2D eigenvalue weighted by molar-refractivity contribution is 8.13. The molecule has 5 heteroatoms. The van der Waals surface area contributed by atoms with E-state index >= 15 is 0 Å². The lowest BCUT2D eigenvalue weighted by atomic mass is 10.3. The van der Waals surface area contributed by atoms with Crippen LogP contribution in [0, 0.1) is 0 Å². The SMILES string of the molecule is CC(=O)CC(=O)SCCNC(C)=O. The molecular weight excluding hydrogens is 190 g/mol. The summed E-state index contributed by atoms with van der Waals surface area (Å²) in [6, 6.07) is 0. The molecule has 1 N–H and O–H groups in total. The van der Waals surface area contributed by atoms with E-state index in [0.717, 1.165) is 11.8 Å². The third kappa shape index (κ3) is 9.07. The zero-order valence-electron chi connectivity index (χ0n) is 7.75. The third-order valence-electron chi connectivity index (χ3n) is 1.13. The van der Waals surface area contributed by atoms with Crippen molar-refractivity contribution in [2.24, 2.45) is 0 Å². The Balaban J connectivity index is 3.37. The molecule has 0 aliphatic heterocycles. The van der Waals surface area contributed by atoms with Gasteiger partial charge in [-0.1, -0.05) is 11.8 Å². The van der Waals surface area contributed by atoms with E-state index in [9.17, 15) is 14.4 Å². The Morgan fingerprint density at radius 1 is 1.23 bits per heavy atom. The lowest BCUT2D eigenvalue weighted by molar-refractivity contribution is -0.122. The minimum atomic E-state index is -0.141. The van der Waals surface area contributed by atoms with Gasteiger partial charge < -0.3 is 5.32 Å². The molecule has 0 spiro atoms. The maximum absolute atomic E-state index is 10.9. The summed E-state index contributed by atoms with van der Waals surface area (Å²) in [7, 11) is 0. The molecule has 0 aromatic rings. The van der Waals surface area contributed by atoms with Gasteiger partial charge in [0, 0.05) is 19.2 Å². The average molecular weight is 203 g/mol. The second-order valence-corrected chi connectivity index (χ2v) is 3.73. The maximum atomic E-state index is 10.9. The number of Topliss-reactive ketones (excluding diaryl/α,β-unsaturated/α-hetero) is 1. The van der Waals surface area contributed by atoms with E-state index in [1.165, 1.54) is 13.8 Å². The van der Waals surface area contributed by atoms with Gasteiger partial charge in [-0.05, 0) is 6.92 Å². The summed E-state index contributed by atoms with van der Waals surface area (Å²) in [5.41, 5.74) is 0. The van der Waals surface area contributed by atoms with Crippen molar-refractivity contribution in [3.63, 3.8) is 0 Å². The van der Waals surface area contributed by atoms with Crippen LogP contribution in [0.2, 0.25) is 0 Å². The molecule has 0 aromatic carbocycles. The molecule has 0 rings (SSSR count). The average Bonchev–Trinajstić information content (AvgIpc) is 1.96. The van der Waals surface area contributed by atoms with Gasteiger partial charge in [-0.2, -0.15) is 0 Å². The van der Waals surface area contributed by atoms with E-state index in [1.54, 1.807) is 0 Å². The molecular formula is C8H13NO3S. The second kappa shape index (κ2) is 6.65. The number of thioether (sulfide) groups is 1. The van der Waals surface area contributed by atoms with Crippen molar-refractivity contribution >= 4 is 28.6 Å². The normalized spacial score (nSPS) is 9.38. The molecule has 0 saturated heterocycles. The fraction of sp³-hybridized carbons (Fsp3) is 0.625. The predicted molar refractivity (Wildman–Crippen MR) is 51.4 cm³/mol. The first kappa shape index (κ1) is 12.2. The van der Waals surface area contributed by atoms with Crippen LogP contribution in [0.1, 0.15) is 20.3 Å². The number of hydrogen-bond donors (Lipinski definition) is 1. The van der Waals surface area contributed by atoms with Crippen LogP contribution in [0.15, 0.2) is 0 Å². The van der Waals surface area contributed by atoms with E-state index < -0.39 is 0 Å². The first-order chi connectivity index (χ1) is 6.02. The quantitative estimate of drug-likeness (QED) is 0.517. The van der Waals surface area contributed by atoms with Gasteiger partial charge >= 0.3 is 0 Å². The number of carbonyl (C=O) groups is 3. The van der Waals surface area contributed by atoms with E-state index in [4.69, 9.17) is 0 Å². The van der Waals surface area contributed by atoms with Crippen molar-refractivity contribution in [2.45, 2.75) is 20.3 Å². The molecule has 0 radical (unpaired) electrons. The van der Waals surface area contributed by atoms with Crippen LogP contribution in [0.3, 0.4) is 0 Å². The summed E-state index contributed by atoms with van der Waals surface area (Å²) >= 11 is 1.07. The fourth-order valence-electron chi connectivity index (χ4n) is 0.646. The number of ketones is 1. The van der Waals surface area contributed by atoms with Gasteiger partial charge in [0.05, 0.1) is 6.42 Å². The minimum absolute atomic E-state index is 0.0231. The lowest BCUT2D eigenvalue weighted by Crippen LogP contribution is -2.22. The maximum Gasteiger partial charge on any atom is 0.216 e. The van der Waals surface area contributed by atoms with Crippen molar-refractivity contribution in [1.82, 2.24) is 5.32 Å². The summed E-state index contributed by atoms with van der Waals surface area (Å²) in [6.45, 7) is 3.26. The molecule has 74 valence electrons. The number of hydrogen-bond acceptors (Lipinski definition) is 4. The summed E-state index contributed by atoms with van der Waals surface area (Å²) in [4.78, 5) is 31.8. The van der Waals surface area contributed by atoms with E-state index in [1.807, 2.05) is 0 Å². The number of amides is 1. The van der Waals surface area contributed by atoms with Crippen molar-refractivity contribution in [1.29, 1.82) is 0 Å². The number of carbonyl (C=O) groups excluding carboxylic acids is 3. The molecule has 4 nitrogen and oxygen atoms in total. The Morgan fingerprint density at radius 2 is 1.85 bits per heavy atom. The molecule has 0 saturated carbocycles. The molecule has 1 amide bonds. The summed E-state index contributed by atoms with van der Waals surface area (Å²) in [5, 5.41) is 2.42. The van der Waals surface area contributed by atoms with Gasteiger partial charge in [0.15, 0.2) is 5.12 Å². The zero-order chi connectivity index (χ0) is 10.3. The van der Waals surface area contributed by atoms with Gasteiger partial charge in [0.1, 0.15) is 5.78 Å². The Hall–Kier alpha value is -0.840. The van der Waals surface area contributed by atoms with Crippen molar-refractivity contribution in [3.05, 3.63) is 0 Å². The second-order valence-electron chi connectivity index (χ2n) is 2.58. The predicted octanol–water partition coefficient (Wildman–Crippen LogP) is 0.361. The fourth-order valence-corrected chi connectivity index (χ4v) is 1.38. The molecule has 0 fully saturated rings. The lowest BCUT2D eigenvalue weighted by Gasteiger charge is -1.99. The first-order valence-corrected chi connectivity index (χ1v) is 4.90. The number of nitrogens with one attached hydrogen (secondary N) is 1. The molecule has 0 aliphatic carbocycles. The molecule has 0 bridgehead atoms. The largest absolute Gasteiger partial charge is 0.356 e. The van der Waals surface area contributed by atoms with Crippen LogP contribution in [0.4, 0.5) is 0 Å². The Kier molecular flexibility index (Phi) is 6.22. The highest BCUT2D eigenvalue weighted by atomic mass is 32.2. The first-order valence-electron chi connectivity index (χ1n) is 3.92. The van der Waals surface area contributed by atoms with E-state index in [2.05, 4.69) is 5.32 Å². The molecule has 0 unspecified atom stereocenters. The van der Waals surface area contributed by atoms with Crippen molar-refractivity contribution in [3.8, 4) is 0 Å². The standard InChI is InChI=1S/C8H13NO3S/c1-6(10)5-8(12)13-4-3-9-7(2)11/h3-5H2,1-2H3,(H,9,11). The van der Waals surface area contributed by atoms with Crippen LogP contribution < -0.4 is 5.32 Å². The van der Waals surface area contributed by atoms with Gasteiger partial charge in [-0.25, -0.2) is 0 Å². The van der Waals surface area contributed by atoms with Crippen molar-refractivity contribution < 1.29 is 14.4 Å². The smallest absolute Gasteiger partial charge is 0.216 e. The Labute approximate surface area is 81.5 Å². The van der Waals surface area contributed by atoms with Gasteiger partial charge in [0.2, 0.25) is 5.91 Å². The Morgan fingerprint density at radius 3 is 2.31 bits per heavy atom. The van der Waals surface area contributed by atoms with Crippen LogP contribution in [0.25, 0.3) is 0 Å². The van der Waals surface area contributed by atoms with Gasteiger partial charge in [-0.3, -0.25) is 14.4 Å². The van der Waals surface area contributed by atoms with Gasteiger partial charge in [0.25, 0.3) is 0 Å². The highest BCUT2D eigenvalue weighted by Gasteiger charge is 2.05. The molecule has 0 aliphatic rings. The van der Waals surface area contributed by atoms with Crippen LogP contribution in [-0.2, 0) is 14.4 Å². The van der Waals surface area contributed by atoms with Crippen molar-refractivity contribution in [2.75, 3.05) is 12.3 Å². The molecule has 0 aromatic heterocycles. The topological polar surface area (TPSA) is 63.2 Å². The van der Waals surface area contributed by atoms with E-state index in [-0.39, 0.29) is 23.2 Å². The zero-order valence-corrected chi connectivity index (χ0v) is 8.57. The summed E-state index contributed by atoms with van der Waals surface area (Å²) in [6.07, 6.45) is -0.0231. The van der Waals surface area contributed by atoms with Crippen LogP contribution in [-0.4, -0.2) is 29.1 Å². The molecule has 0 atom stereocenters. The van der Waals surface area contributed by atoms with E-state index in [0.29, 0.717) is 12.3 Å². The number of rotatable bonds is 5. The molecule has 0 heterocycles. The monoisotopic (exact) mass is 203 g/mol. The minimum Gasteiger partial charge on any atom is -0.356 e. The van der Waals surface area contributed by atoms with Crippen LogP contribution >= 0.6 is 11.8 Å². The summed E-state index contributed by atoms with van der Waals surface area (Å²) < 4.78 is 0. The molecule has 13 heavy (non-hydrogen) atoms. The Bertz CT molecular complexity index is 215. The third-order valence-corrected chi connectivity index (χ3v) is 2.01. The summed E-state index contributed by atoms with van der Waals surface area (Å²) in [5.74, 6) is 0.280. The van der Waals surface area contributed by atoms with Gasteiger partial charge in [-0.15, -0.1) is 0 Å².